The molecule has 31 heavy (non-hydrogen) atoms. The topological polar surface area (TPSA) is 41.9 Å². The third-order valence-corrected chi connectivity index (χ3v) is 5.56. The number of nitrogens with zero attached hydrogens (tertiary/aromatic N) is 2. The number of carbonyl (C=O) groups excluding carboxylic acids is 1. The Morgan fingerprint density at radius 2 is 1.68 bits per heavy atom. The molecule has 0 radical (unpaired) electrons. The quantitative estimate of drug-likeness (QED) is 0.375. The summed E-state index contributed by atoms with van der Waals surface area (Å²) in [5.74, 6) is 0.358. The van der Waals surface area contributed by atoms with Gasteiger partial charge in [-0.1, -0.05) is 59.1 Å². The molecule has 0 bridgehead atoms. The lowest BCUT2D eigenvalue weighted by Crippen LogP contribution is -2.21. The molecule has 1 heterocycles. The minimum Gasteiger partial charge on any atom is -0.488 e. The van der Waals surface area contributed by atoms with Crippen LogP contribution in [0.2, 0.25) is 15.1 Å². The zero-order chi connectivity index (χ0) is 22.0. The first kappa shape index (κ1) is 21.4. The van der Waals surface area contributed by atoms with Gasteiger partial charge in [0, 0.05) is 26.2 Å². The molecule has 1 aliphatic heterocycles. The number of rotatable bonds is 5. The van der Waals surface area contributed by atoms with Crippen molar-refractivity contribution < 1.29 is 9.53 Å². The molecular weight excluding hydrogens is 455 g/mol. The summed E-state index contributed by atoms with van der Waals surface area (Å²) in [5, 5.41) is 7.41. The highest BCUT2D eigenvalue weighted by molar-refractivity contribution is 6.35. The van der Waals surface area contributed by atoms with Crippen molar-refractivity contribution in [2.75, 3.05) is 5.01 Å². The van der Waals surface area contributed by atoms with Crippen LogP contribution in [-0.4, -0.2) is 11.6 Å². The van der Waals surface area contributed by atoms with Crippen molar-refractivity contribution >= 4 is 58.2 Å². The lowest BCUT2D eigenvalue weighted by atomic mass is 10.1. The maximum absolute atomic E-state index is 13.0. The van der Waals surface area contributed by atoms with Crippen molar-refractivity contribution in [1.82, 2.24) is 0 Å². The highest BCUT2D eigenvalue weighted by Gasteiger charge is 2.28. The second-order valence-electron chi connectivity index (χ2n) is 6.90. The van der Waals surface area contributed by atoms with E-state index in [1.54, 1.807) is 43.3 Å². The van der Waals surface area contributed by atoms with Gasteiger partial charge in [-0.05, 0) is 55.5 Å². The molecule has 0 aliphatic carbocycles. The molecule has 0 aromatic heterocycles. The van der Waals surface area contributed by atoms with E-state index in [9.17, 15) is 4.79 Å². The first-order valence-electron chi connectivity index (χ1n) is 9.45. The summed E-state index contributed by atoms with van der Waals surface area (Å²) in [5.41, 5.74) is 3.26. The van der Waals surface area contributed by atoms with E-state index in [0.29, 0.717) is 43.4 Å². The minimum atomic E-state index is -0.213. The SMILES string of the molecule is CC1=NN(c2ccccc2)C(=O)/C1=C/c1cc(Cl)ccc1OCc1ccc(Cl)cc1Cl. The van der Waals surface area contributed by atoms with Gasteiger partial charge in [0.25, 0.3) is 5.91 Å². The van der Waals surface area contributed by atoms with E-state index in [1.807, 2.05) is 36.4 Å². The summed E-state index contributed by atoms with van der Waals surface area (Å²) in [6, 6.07) is 19.8. The molecular formula is C24H17Cl3N2O2. The first-order chi connectivity index (χ1) is 14.9. The molecule has 3 aromatic rings. The maximum Gasteiger partial charge on any atom is 0.280 e. The van der Waals surface area contributed by atoms with Crippen molar-refractivity contribution in [2.45, 2.75) is 13.5 Å². The summed E-state index contributed by atoms with van der Waals surface area (Å²) in [6.07, 6.45) is 1.74. The number of hydrazone groups is 1. The Balaban J connectivity index is 1.62. The molecule has 4 nitrogen and oxygen atoms in total. The summed E-state index contributed by atoms with van der Waals surface area (Å²) in [4.78, 5) is 13.0. The fourth-order valence-corrected chi connectivity index (χ4v) is 3.79. The van der Waals surface area contributed by atoms with Gasteiger partial charge in [0.2, 0.25) is 0 Å². The van der Waals surface area contributed by atoms with Gasteiger partial charge in [-0.15, -0.1) is 0 Å². The van der Waals surface area contributed by atoms with Crippen LogP contribution in [0, 0.1) is 0 Å². The Hall–Kier alpha value is -2.79. The molecule has 4 rings (SSSR count). The minimum absolute atomic E-state index is 0.213. The van der Waals surface area contributed by atoms with Crippen LogP contribution in [0.3, 0.4) is 0 Å². The van der Waals surface area contributed by atoms with Gasteiger partial charge in [-0.25, -0.2) is 0 Å². The number of anilines is 1. The number of hydrogen-bond donors (Lipinski definition) is 0. The Morgan fingerprint density at radius 1 is 0.968 bits per heavy atom. The fourth-order valence-electron chi connectivity index (χ4n) is 3.14. The smallest absolute Gasteiger partial charge is 0.280 e. The average molecular weight is 472 g/mol. The molecule has 1 amide bonds. The number of ether oxygens (including phenoxy) is 1. The summed E-state index contributed by atoms with van der Waals surface area (Å²) in [6.45, 7) is 2.04. The molecule has 0 fully saturated rings. The Morgan fingerprint density at radius 3 is 2.42 bits per heavy atom. The predicted molar refractivity (Wildman–Crippen MR) is 127 cm³/mol. The van der Waals surface area contributed by atoms with Crippen LogP contribution in [0.5, 0.6) is 5.75 Å². The van der Waals surface area contributed by atoms with E-state index in [2.05, 4.69) is 5.10 Å². The van der Waals surface area contributed by atoms with E-state index in [0.717, 1.165) is 5.56 Å². The number of benzene rings is 3. The van der Waals surface area contributed by atoms with Crippen LogP contribution < -0.4 is 9.75 Å². The third-order valence-electron chi connectivity index (χ3n) is 4.73. The van der Waals surface area contributed by atoms with Crippen LogP contribution in [0.15, 0.2) is 77.4 Å². The Bertz CT molecular complexity index is 1210. The second-order valence-corrected chi connectivity index (χ2v) is 8.18. The number of halogens is 3. The van der Waals surface area contributed by atoms with Gasteiger partial charge >= 0.3 is 0 Å². The molecule has 3 aromatic carbocycles. The van der Waals surface area contributed by atoms with E-state index < -0.39 is 0 Å². The van der Waals surface area contributed by atoms with E-state index in [-0.39, 0.29) is 12.5 Å². The molecule has 0 unspecified atom stereocenters. The zero-order valence-electron chi connectivity index (χ0n) is 16.5. The van der Waals surface area contributed by atoms with Crippen molar-refractivity contribution in [1.29, 1.82) is 0 Å². The maximum atomic E-state index is 13.0. The summed E-state index contributed by atoms with van der Waals surface area (Å²) in [7, 11) is 0. The lowest BCUT2D eigenvalue weighted by Gasteiger charge is -2.13. The normalized spacial score (nSPS) is 14.8. The summed E-state index contributed by atoms with van der Waals surface area (Å²) < 4.78 is 6.00. The van der Waals surface area contributed by atoms with Crippen molar-refractivity contribution in [3.63, 3.8) is 0 Å². The molecule has 0 saturated carbocycles. The summed E-state index contributed by atoms with van der Waals surface area (Å²) >= 11 is 18.4. The van der Waals surface area contributed by atoms with Crippen LogP contribution >= 0.6 is 34.8 Å². The second kappa shape index (κ2) is 9.15. The van der Waals surface area contributed by atoms with E-state index in [4.69, 9.17) is 39.5 Å². The van der Waals surface area contributed by atoms with Gasteiger partial charge in [-0.2, -0.15) is 10.1 Å². The molecule has 0 saturated heterocycles. The third kappa shape index (κ3) is 4.77. The molecule has 7 heteroatoms. The highest BCUT2D eigenvalue weighted by atomic mass is 35.5. The first-order valence-corrected chi connectivity index (χ1v) is 10.6. The zero-order valence-corrected chi connectivity index (χ0v) is 18.7. The molecule has 156 valence electrons. The number of carbonyl (C=O) groups is 1. The predicted octanol–water partition coefficient (Wildman–Crippen LogP) is 7.03. The number of amides is 1. The molecule has 0 spiro atoms. The van der Waals surface area contributed by atoms with Gasteiger partial charge < -0.3 is 4.74 Å². The van der Waals surface area contributed by atoms with Crippen LogP contribution in [0.4, 0.5) is 5.69 Å². The average Bonchev–Trinajstić information content (AvgIpc) is 3.03. The van der Waals surface area contributed by atoms with Gasteiger partial charge in [0.05, 0.1) is 17.0 Å². The van der Waals surface area contributed by atoms with E-state index >= 15 is 0 Å². The Kier molecular flexibility index (Phi) is 6.33. The number of para-hydroxylation sites is 1. The fraction of sp³-hybridized carbons (Fsp3) is 0.0833. The molecule has 0 atom stereocenters. The van der Waals surface area contributed by atoms with Crippen LogP contribution in [-0.2, 0) is 11.4 Å². The number of hydrogen-bond acceptors (Lipinski definition) is 3. The van der Waals surface area contributed by atoms with Crippen molar-refractivity contribution in [3.05, 3.63) is 98.5 Å². The molecule has 1 aliphatic rings. The lowest BCUT2D eigenvalue weighted by molar-refractivity contribution is -0.114. The van der Waals surface area contributed by atoms with Crippen molar-refractivity contribution in [2.24, 2.45) is 5.10 Å². The Labute approximate surface area is 195 Å². The standard InChI is InChI=1S/C24H17Cl3N2O2/c1-15-21(24(30)29(28-15)20-5-3-2-4-6-20)12-17-11-18(25)9-10-23(17)31-14-16-7-8-19(26)13-22(16)27/h2-13H,14H2,1H3/b21-12+. The monoisotopic (exact) mass is 470 g/mol. The van der Waals surface area contributed by atoms with Crippen LogP contribution in [0.25, 0.3) is 6.08 Å². The van der Waals surface area contributed by atoms with Gasteiger partial charge in [-0.3, -0.25) is 4.79 Å². The van der Waals surface area contributed by atoms with E-state index in [1.165, 1.54) is 5.01 Å². The van der Waals surface area contributed by atoms with Gasteiger partial charge in [0.1, 0.15) is 12.4 Å². The highest BCUT2D eigenvalue weighted by Crippen LogP contribution is 2.30. The van der Waals surface area contributed by atoms with Crippen LogP contribution in [0.1, 0.15) is 18.1 Å². The van der Waals surface area contributed by atoms with Crippen molar-refractivity contribution in [3.8, 4) is 5.75 Å². The largest absolute Gasteiger partial charge is 0.488 e. The van der Waals surface area contributed by atoms with Gasteiger partial charge in [0.15, 0.2) is 0 Å². The molecule has 0 N–H and O–H groups in total.